The number of likely N-dealkylation sites (tertiary alicyclic amines) is 1. The second kappa shape index (κ2) is 10.6. The molecule has 5 aliphatic rings. The van der Waals surface area contributed by atoms with E-state index >= 15 is 0 Å². The van der Waals surface area contributed by atoms with E-state index in [1.54, 1.807) is 26.7 Å². The first kappa shape index (κ1) is 28.3. The van der Waals surface area contributed by atoms with Crippen molar-refractivity contribution in [2.24, 2.45) is 34.6 Å². The lowest BCUT2D eigenvalue weighted by molar-refractivity contribution is -0.0204. The largest absolute Gasteiger partial charge is 0.494 e. The number of amides is 1. The van der Waals surface area contributed by atoms with Crippen LogP contribution in [-0.4, -0.2) is 80.9 Å². The molecule has 244 valence electrons. The lowest BCUT2D eigenvalue weighted by Gasteiger charge is -2.52. The van der Waals surface area contributed by atoms with Crippen LogP contribution in [0.3, 0.4) is 0 Å². The topological polar surface area (TPSA) is 93.7 Å². The normalized spacial score (nSPS) is 24.6. The molecule has 10 rings (SSSR count). The van der Waals surface area contributed by atoms with Crippen LogP contribution in [0.15, 0.2) is 60.0 Å². The van der Waals surface area contributed by atoms with E-state index in [1.165, 1.54) is 30.2 Å². The summed E-state index contributed by atoms with van der Waals surface area (Å²) in [5.41, 5.74) is 6.67. The molecule has 0 N–H and O–H groups in total. The molecule has 10 nitrogen and oxygen atoms in total. The van der Waals surface area contributed by atoms with E-state index in [0.717, 1.165) is 84.9 Å². The molecule has 0 radical (unpaired) electrons. The van der Waals surface area contributed by atoms with Crippen molar-refractivity contribution in [1.29, 1.82) is 0 Å². The molecule has 3 aromatic heterocycles. The van der Waals surface area contributed by atoms with Gasteiger partial charge in [-0.25, -0.2) is 15.0 Å². The number of carbonyl (C=O) groups excluding carboxylic acids is 1. The molecule has 3 aliphatic carbocycles. The van der Waals surface area contributed by atoms with Gasteiger partial charge in [0.25, 0.3) is 5.91 Å². The third-order valence-corrected chi connectivity index (χ3v) is 11.9. The number of benzene rings is 2. The summed E-state index contributed by atoms with van der Waals surface area (Å²) in [6, 6.07) is 15.4. The van der Waals surface area contributed by atoms with E-state index < -0.39 is 0 Å². The number of methoxy groups -OCH3 is 1. The minimum absolute atomic E-state index is 0.123. The maximum Gasteiger partial charge on any atom is 0.254 e. The number of nitrogens with zero attached hydrogens (tertiary/aromatic N) is 8. The van der Waals surface area contributed by atoms with Gasteiger partial charge in [-0.15, -0.1) is 0 Å². The summed E-state index contributed by atoms with van der Waals surface area (Å²) in [5.74, 6) is 5.12. The molecular formula is C38H40N8O2. The molecule has 4 atom stereocenters. The summed E-state index contributed by atoms with van der Waals surface area (Å²) in [5, 5.41) is 1.22. The van der Waals surface area contributed by atoms with Gasteiger partial charge in [0, 0.05) is 74.4 Å². The number of anilines is 1. The van der Waals surface area contributed by atoms with Crippen LogP contribution in [0.1, 0.15) is 41.7 Å². The van der Waals surface area contributed by atoms with Crippen molar-refractivity contribution in [1.82, 2.24) is 29.0 Å². The van der Waals surface area contributed by atoms with E-state index in [0.29, 0.717) is 35.1 Å². The average Bonchev–Trinajstić information content (AvgIpc) is 3.72. The van der Waals surface area contributed by atoms with Crippen LogP contribution in [0.25, 0.3) is 33.5 Å². The molecule has 1 amide bonds. The van der Waals surface area contributed by atoms with E-state index in [2.05, 4.69) is 64.2 Å². The minimum Gasteiger partial charge on any atom is -0.494 e. The molecule has 0 spiro atoms. The fraction of sp³-hybridized carbons (Fsp3) is 0.447. The Morgan fingerprint density at radius 2 is 1.88 bits per heavy atom. The second-order valence-corrected chi connectivity index (χ2v) is 14.8. The van der Waals surface area contributed by atoms with Gasteiger partial charge in [-0.3, -0.25) is 9.79 Å². The molecule has 5 heterocycles. The van der Waals surface area contributed by atoms with E-state index in [9.17, 15) is 4.79 Å². The van der Waals surface area contributed by atoms with Crippen molar-refractivity contribution < 1.29 is 9.53 Å². The van der Waals surface area contributed by atoms with Crippen molar-refractivity contribution in [2.45, 2.75) is 44.8 Å². The van der Waals surface area contributed by atoms with Gasteiger partial charge < -0.3 is 23.7 Å². The molecule has 5 fully saturated rings. The SMILES string of the molecule is CN=Cc1ncncc1N1CC(Cn2c(-c3cc4ccccc4n3CC3CC3)nc3cc(C(=O)N4CC5CC6CC4[C@H]65)cc(OC)c32)C1. The summed E-state index contributed by atoms with van der Waals surface area (Å²) in [7, 11) is 3.48. The molecule has 48 heavy (non-hydrogen) atoms. The highest BCUT2D eigenvalue weighted by molar-refractivity contribution is 6.00. The van der Waals surface area contributed by atoms with Crippen LogP contribution in [-0.2, 0) is 13.1 Å². The first-order valence-corrected chi connectivity index (χ1v) is 17.5. The van der Waals surface area contributed by atoms with Crippen LogP contribution in [0.2, 0.25) is 0 Å². The Morgan fingerprint density at radius 1 is 1.02 bits per heavy atom. The number of carbonyl (C=O) groups is 1. The van der Waals surface area contributed by atoms with Gasteiger partial charge in [0.15, 0.2) is 5.82 Å². The Kier molecular flexibility index (Phi) is 6.27. The molecule has 2 aliphatic heterocycles. The number of aromatic nitrogens is 5. The monoisotopic (exact) mass is 640 g/mol. The smallest absolute Gasteiger partial charge is 0.254 e. The van der Waals surface area contributed by atoms with Crippen molar-refractivity contribution >= 4 is 39.7 Å². The number of hydrogen-bond donors (Lipinski definition) is 0. The molecule has 10 heteroatoms. The number of para-hydroxylation sites is 1. The first-order chi connectivity index (χ1) is 23.6. The Hall–Kier alpha value is -4.73. The van der Waals surface area contributed by atoms with Gasteiger partial charge in [0.05, 0.1) is 30.2 Å². The molecule has 0 bridgehead atoms. The van der Waals surface area contributed by atoms with Crippen LogP contribution in [0, 0.1) is 29.6 Å². The van der Waals surface area contributed by atoms with Crippen LogP contribution in [0.5, 0.6) is 5.75 Å². The Morgan fingerprint density at radius 3 is 2.67 bits per heavy atom. The number of fused-ring (bicyclic) bond motifs is 2. The van der Waals surface area contributed by atoms with Gasteiger partial charge in [-0.2, -0.15) is 0 Å². The standard InChI is InChI=1S/C38H40N8O2/c1-39-14-29-33(15-40-21-41-29)43-16-23(17-43)19-46-36-28(42-37(46)32-11-24-5-3-4-6-30(24)44(32)18-22-7-8-22)10-26(13-34(36)48-2)38(47)45-20-27-9-25-12-31(45)35(25)27/h3-6,10-11,13-15,21-23,25,27,31,35H,7-9,12,16-20H2,1-2H3/t25?,27?,31?,35-/m1/s1. The lowest BCUT2D eigenvalue weighted by atomic mass is 9.53. The van der Waals surface area contributed by atoms with E-state index in [1.807, 2.05) is 18.3 Å². The number of hydrogen-bond acceptors (Lipinski definition) is 7. The lowest BCUT2D eigenvalue weighted by Crippen LogP contribution is -2.53. The Labute approximate surface area is 279 Å². The first-order valence-electron chi connectivity index (χ1n) is 17.5. The summed E-state index contributed by atoms with van der Waals surface area (Å²) in [6.07, 6.45) is 10.2. The molecule has 2 aromatic carbocycles. The van der Waals surface area contributed by atoms with Crippen molar-refractivity contribution in [3.63, 3.8) is 0 Å². The summed E-state index contributed by atoms with van der Waals surface area (Å²) in [6.45, 7) is 4.41. The third kappa shape index (κ3) is 4.26. The van der Waals surface area contributed by atoms with E-state index in [-0.39, 0.29) is 5.91 Å². The molecule has 5 aromatic rings. The zero-order chi connectivity index (χ0) is 32.1. The van der Waals surface area contributed by atoms with Gasteiger partial charge in [-0.05, 0) is 73.6 Å². The van der Waals surface area contributed by atoms with E-state index in [4.69, 9.17) is 9.72 Å². The number of ether oxygens (including phenoxy) is 1. The van der Waals surface area contributed by atoms with Crippen molar-refractivity contribution in [3.8, 4) is 17.3 Å². The molecular weight excluding hydrogens is 600 g/mol. The maximum absolute atomic E-state index is 14.1. The van der Waals surface area contributed by atoms with Crippen molar-refractivity contribution in [2.75, 3.05) is 38.7 Å². The average molecular weight is 641 g/mol. The van der Waals surface area contributed by atoms with Gasteiger partial charge >= 0.3 is 0 Å². The second-order valence-electron chi connectivity index (χ2n) is 14.8. The van der Waals surface area contributed by atoms with Crippen LogP contribution >= 0.6 is 0 Å². The zero-order valence-electron chi connectivity index (χ0n) is 27.5. The minimum atomic E-state index is 0.123. The highest BCUT2D eigenvalue weighted by Gasteiger charge is 2.61. The predicted molar refractivity (Wildman–Crippen MR) is 186 cm³/mol. The fourth-order valence-corrected chi connectivity index (χ4v) is 9.33. The molecule has 3 unspecified atom stereocenters. The number of rotatable bonds is 9. The molecule has 2 saturated heterocycles. The maximum atomic E-state index is 14.1. The zero-order valence-corrected chi connectivity index (χ0v) is 27.5. The van der Waals surface area contributed by atoms with Crippen LogP contribution < -0.4 is 9.64 Å². The summed E-state index contributed by atoms with van der Waals surface area (Å²) in [4.78, 5) is 36.9. The van der Waals surface area contributed by atoms with Gasteiger partial charge in [0.2, 0.25) is 0 Å². The number of imidazole rings is 1. The van der Waals surface area contributed by atoms with Gasteiger partial charge in [-0.1, -0.05) is 18.2 Å². The predicted octanol–water partition coefficient (Wildman–Crippen LogP) is 5.53. The molecule has 3 saturated carbocycles. The van der Waals surface area contributed by atoms with Gasteiger partial charge in [0.1, 0.15) is 23.3 Å². The Balaban J connectivity index is 1.06. The summed E-state index contributed by atoms with van der Waals surface area (Å²) < 4.78 is 11.0. The summed E-state index contributed by atoms with van der Waals surface area (Å²) >= 11 is 0. The fourth-order valence-electron chi connectivity index (χ4n) is 9.33. The highest BCUT2D eigenvalue weighted by Crippen LogP contribution is 2.60. The van der Waals surface area contributed by atoms with Crippen molar-refractivity contribution in [3.05, 3.63) is 66.2 Å². The highest BCUT2D eigenvalue weighted by atomic mass is 16.5. The Bertz CT molecular complexity index is 2120. The quantitative estimate of drug-likeness (QED) is 0.197. The third-order valence-electron chi connectivity index (χ3n) is 11.9. The van der Waals surface area contributed by atoms with Crippen LogP contribution in [0.4, 0.5) is 5.69 Å². The number of aliphatic imine (C=N–C) groups is 1.